The van der Waals surface area contributed by atoms with Gasteiger partial charge in [0.25, 0.3) is 0 Å². The summed E-state index contributed by atoms with van der Waals surface area (Å²) < 4.78 is 6.61. The van der Waals surface area contributed by atoms with Crippen LogP contribution in [0.1, 0.15) is 58.3 Å². The molecular formula is C22H33NO2Si. The van der Waals surface area contributed by atoms with Crippen molar-refractivity contribution in [3.05, 3.63) is 11.6 Å². The van der Waals surface area contributed by atoms with Crippen LogP contribution in [0.2, 0.25) is 19.6 Å². The molecule has 4 aliphatic rings. The van der Waals surface area contributed by atoms with Crippen molar-refractivity contribution < 1.29 is 9.22 Å². The van der Waals surface area contributed by atoms with Crippen LogP contribution in [0, 0.1) is 40.4 Å². The third-order valence-electron chi connectivity index (χ3n) is 7.95. The van der Waals surface area contributed by atoms with E-state index in [-0.39, 0.29) is 5.41 Å². The average Bonchev–Trinajstić information content (AvgIpc) is 2.86. The van der Waals surface area contributed by atoms with E-state index in [0.717, 1.165) is 38.5 Å². The fourth-order valence-electron chi connectivity index (χ4n) is 6.85. The second-order valence-electron chi connectivity index (χ2n) is 10.5. The average molecular weight is 372 g/mol. The normalized spacial score (nSPS) is 45.2. The van der Waals surface area contributed by atoms with Gasteiger partial charge in [0.1, 0.15) is 11.4 Å². The van der Waals surface area contributed by atoms with Gasteiger partial charge in [0.2, 0.25) is 0 Å². The third kappa shape index (κ3) is 2.66. The number of nitriles is 1. The summed E-state index contributed by atoms with van der Waals surface area (Å²) in [6.45, 7) is 8.95. The first kappa shape index (κ1) is 18.4. The molecule has 0 aliphatic heterocycles. The van der Waals surface area contributed by atoms with Gasteiger partial charge in [-0.15, -0.1) is 0 Å². The minimum Gasteiger partial charge on any atom is -0.399 e. The summed E-state index contributed by atoms with van der Waals surface area (Å²) in [7, 11) is -1.80. The van der Waals surface area contributed by atoms with Gasteiger partial charge in [-0.25, -0.2) is 0 Å². The zero-order chi connectivity index (χ0) is 18.7. The van der Waals surface area contributed by atoms with Crippen LogP contribution in [0.15, 0.2) is 11.6 Å². The van der Waals surface area contributed by atoms with Crippen molar-refractivity contribution in [2.75, 3.05) is 0 Å². The number of Topliss-reactive ketones (excluding diaryl/α,β-unsaturated/α-hetero) is 1. The molecule has 1 unspecified atom stereocenters. The molecule has 3 saturated carbocycles. The second kappa shape index (κ2) is 6.04. The number of carbonyl (C=O) groups is 1. The lowest BCUT2D eigenvalue weighted by Gasteiger charge is -2.53. The fraction of sp³-hybridized carbons (Fsp3) is 0.818. The number of hydrogen-bond acceptors (Lipinski definition) is 3. The van der Waals surface area contributed by atoms with E-state index < -0.39 is 13.9 Å². The second-order valence-corrected chi connectivity index (χ2v) is 14.9. The molecule has 26 heavy (non-hydrogen) atoms. The molecule has 0 saturated heterocycles. The predicted molar refractivity (Wildman–Crippen MR) is 105 cm³/mol. The van der Waals surface area contributed by atoms with Gasteiger partial charge < -0.3 is 4.43 Å². The molecule has 0 N–H and O–H groups in total. The molecule has 4 aliphatic carbocycles. The largest absolute Gasteiger partial charge is 0.399 e. The number of fused-ring (bicyclic) bond motifs is 5. The summed E-state index contributed by atoms with van der Waals surface area (Å²) in [4.78, 5) is 11.9. The van der Waals surface area contributed by atoms with Crippen LogP contribution in [-0.2, 0) is 9.22 Å². The highest BCUT2D eigenvalue weighted by Gasteiger charge is 2.63. The van der Waals surface area contributed by atoms with Crippen LogP contribution in [0.5, 0.6) is 0 Å². The molecule has 0 aromatic rings. The Morgan fingerprint density at radius 2 is 1.96 bits per heavy atom. The van der Waals surface area contributed by atoms with E-state index in [4.69, 9.17) is 4.43 Å². The van der Waals surface area contributed by atoms with Crippen LogP contribution in [-0.4, -0.2) is 19.7 Å². The number of ketones is 1. The van der Waals surface area contributed by atoms with E-state index in [9.17, 15) is 10.1 Å². The van der Waals surface area contributed by atoms with E-state index in [1.54, 1.807) is 5.57 Å². The number of nitrogens with zero attached hydrogens (tertiary/aromatic N) is 1. The quantitative estimate of drug-likeness (QED) is 0.492. The van der Waals surface area contributed by atoms with Crippen molar-refractivity contribution in [3.63, 3.8) is 0 Å². The van der Waals surface area contributed by atoms with Crippen LogP contribution < -0.4 is 0 Å². The summed E-state index contributed by atoms with van der Waals surface area (Å²) in [6, 6.07) is 2.67. The van der Waals surface area contributed by atoms with Crippen LogP contribution in [0.4, 0.5) is 0 Å². The molecule has 0 bridgehead atoms. The smallest absolute Gasteiger partial charge is 0.185 e. The molecule has 3 nitrogen and oxygen atoms in total. The molecule has 0 radical (unpaired) electrons. The van der Waals surface area contributed by atoms with Crippen molar-refractivity contribution >= 4 is 14.1 Å². The van der Waals surface area contributed by atoms with Crippen molar-refractivity contribution in [1.29, 1.82) is 5.26 Å². The Morgan fingerprint density at radius 3 is 2.65 bits per heavy atom. The molecule has 3 fully saturated rings. The molecule has 6 atom stereocenters. The summed E-state index contributed by atoms with van der Waals surface area (Å²) in [5.74, 6) is 2.87. The van der Waals surface area contributed by atoms with Gasteiger partial charge in [-0.2, -0.15) is 5.26 Å². The first-order valence-corrected chi connectivity index (χ1v) is 13.9. The van der Waals surface area contributed by atoms with E-state index in [2.05, 4.69) is 38.7 Å². The molecule has 0 amide bonds. The Kier molecular flexibility index (Phi) is 4.28. The molecule has 0 aromatic carbocycles. The Bertz CT molecular complexity index is 687. The van der Waals surface area contributed by atoms with Crippen molar-refractivity contribution in [2.45, 2.75) is 83.5 Å². The number of allylic oxidation sites excluding steroid dienone is 2. The lowest BCUT2D eigenvalue weighted by atomic mass is 9.53. The Balaban J connectivity index is 1.67. The highest BCUT2D eigenvalue weighted by molar-refractivity contribution is 6.69. The Morgan fingerprint density at radius 1 is 1.19 bits per heavy atom. The molecule has 0 heterocycles. The molecule has 0 spiro atoms. The minimum absolute atomic E-state index is 0.0620. The molecule has 142 valence electrons. The Hall–Kier alpha value is -0.923. The predicted octanol–water partition coefficient (Wildman–Crippen LogP) is 5.24. The van der Waals surface area contributed by atoms with Crippen molar-refractivity contribution in [1.82, 2.24) is 0 Å². The molecule has 4 rings (SSSR count). The van der Waals surface area contributed by atoms with Crippen LogP contribution >= 0.6 is 0 Å². The van der Waals surface area contributed by atoms with Gasteiger partial charge in [0, 0.05) is 18.3 Å². The van der Waals surface area contributed by atoms with Gasteiger partial charge >= 0.3 is 0 Å². The van der Waals surface area contributed by atoms with Crippen LogP contribution in [0.25, 0.3) is 0 Å². The van der Waals surface area contributed by atoms with E-state index >= 15 is 0 Å². The maximum absolute atomic E-state index is 11.9. The van der Waals surface area contributed by atoms with Gasteiger partial charge in [0.05, 0.1) is 6.07 Å². The standard InChI is InChI=1S/C22H33NO2Si/c1-21-11-9-18-17-8-6-16(24)13-15(17)5-7-19(18)20(21)10-12-22(21,14-23)25-26(2,3)4/h9,15,17,19-20H,5-8,10-13H2,1-4H3/t15?,17-,19+,20-,21-,22-/m0/s1. The monoisotopic (exact) mass is 371 g/mol. The van der Waals surface area contributed by atoms with E-state index in [1.807, 2.05) is 0 Å². The number of hydrogen-bond donors (Lipinski definition) is 0. The van der Waals surface area contributed by atoms with Crippen molar-refractivity contribution in [2.24, 2.45) is 29.1 Å². The van der Waals surface area contributed by atoms with Gasteiger partial charge in [-0.3, -0.25) is 4.79 Å². The van der Waals surface area contributed by atoms with Gasteiger partial charge in [0.15, 0.2) is 8.32 Å². The van der Waals surface area contributed by atoms with Gasteiger partial charge in [-0.05, 0) is 81.8 Å². The van der Waals surface area contributed by atoms with Crippen molar-refractivity contribution in [3.8, 4) is 6.07 Å². The first-order valence-electron chi connectivity index (χ1n) is 10.5. The topological polar surface area (TPSA) is 50.1 Å². The highest BCUT2D eigenvalue weighted by Crippen LogP contribution is 2.64. The first-order chi connectivity index (χ1) is 12.2. The molecule has 4 heteroatoms. The Labute approximate surface area is 159 Å². The summed E-state index contributed by atoms with van der Waals surface area (Å²) in [5.41, 5.74) is 0.981. The maximum Gasteiger partial charge on any atom is 0.185 e. The van der Waals surface area contributed by atoms with Gasteiger partial charge in [-0.1, -0.05) is 18.6 Å². The van der Waals surface area contributed by atoms with Crippen LogP contribution in [0.3, 0.4) is 0 Å². The number of carbonyl (C=O) groups excluding carboxylic acids is 1. The zero-order valence-corrected chi connectivity index (χ0v) is 17.8. The summed E-state index contributed by atoms with van der Waals surface area (Å²) in [6.07, 6.45) is 10.5. The fourth-order valence-corrected chi connectivity index (χ4v) is 8.28. The summed E-state index contributed by atoms with van der Waals surface area (Å²) >= 11 is 0. The maximum atomic E-state index is 11.9. The molecular weight excluding hydrogens is 338 g/mol. The highest BCUT2D eigenvalue weighted by atomic mass is 28.4. The minimum atomic E-state index is -1.80. The lowest BCUT2D eigenvalue weighted by Crippen LogP contribution is -2.54. The summed E-state index contributed by atoms with van der Waals surface area (Å²) in [5, 5.41) is 10.2. The zero-order valence-electron chi connectivity index (χ0n) is 16.8. The van der Waals surface area contributed by atoms with E-state index in [0.29, 0.717) is 29.5 Å². The number of rotatable bonds is 2. The van der Waals surface area contributed by atoms with E-state index in [1.165, 1.54) is 12.8 Å². The third-order valence-corrected chi connectivity index (χ3v) is 8.92. The lowest BCUT2D eigenvalue weighted by molar-refractivity contribution is -0.123. The SMILES string of the molecule is C[C@]12CC=C3[C@H]4CCC(=O)CC4CC[C@H]3[C@@H]1CC[C@@]2(C#N)O[Si](C)(C)C. The molecule has 0 aromatic heterocycles.